The number of hydrogen-bond acceptors (Lipinski definition) is 6. The molecular weight excluding hydrogens is 730 g/mol. The number of benzene rings is 5. The van der Waals surface area contributed by atoms with Gasteiger partial charge in [0.25, 0.3) is 26.1 Å². The molecule has 1 amide bonds. The van der Waals surface area contributed by atoms with Crippen LogP contribution in [0.1, 0.15) is 43.7 Å². The number of aryl methyl sites for hydroxylation is 2. The monoisotopic (exact) mass is 761 g/mol. The molecule has 5 aromatic carbocycles. The molecule has 49 heavy (non-hydrogen) atoms. The summed E-state index contributed by atoms with van der Waals surface area (Å²) in [7, 11) is -9.54. The average Bonchev–Trinajstić information content (AvgIpc) is 3.49. The molecular formula is C37H32BrNO8S2. The predicted octanol–water partition coefficient (Wildman–Crippen LogP) is 7.94. The number of fused-ring (bicyclic) bond motifs is 1. The van der Waals surface area contributed by atoms with Crippen molar-refractivity contribution in [2.45, 2.75) is 50.3 Å². The van der Waals surface area contributed by atoms with Gasteiger partial charge in [-0.1, -0.05) is 93.8 Å². The molecule has 5 aromatic rings. The van der Waals surface area contributed by atoms with Gasteiger partial charge in [0, 0.05) is 34.3 Å². The Kier molecular flexibility index (Phi) is 9.29. The molecule has 0 spiro atoms. The predicted molar refractivity (Wildman–Crippen MR) is 190 cm³/mol. The molecule has 1 heterocycles. The van der Waals surface area contributed by atoms with E-state index in [1.807, 2.05) is 48.5 Å². The normalized spacial score (nSPS) is 13.0. The first-order chi connectivity index (χ1) is 23.1. The highest BCUT2D eigenvalue weighted by Gasteiger charge is 2.34. The lowest BCUT2D eigenvalue weighted by Gasteiger charge is -2.25. The van der Waals surface area contributed by atoms with Crippen LogP contribution >= 0.6 is 15.9 Å². The number of rotatable bonds is 8. The molecule has 252 valence electrons. The number of halogens is 1. The summed E-state index contributed by atoms with van der Waals surface area (Å²) in [5, 5.41) is 0. The summed E-state index contributed by atoms with van der Waals surface area (Å²) in [4.78, 5) is 15.7. The van der Waals surface area contributed by atoms with Crippen LogP contribution in [0, 0.1) is 20.8 Å². The molecule has 0 saturated heterocycles. The van der Waals surface area contributed by atoms with Crippen LogP contribution in [0.4, 0.5) is 0 Å². The fraction of sp³-hybridized carbons (Fsp3) is 0.162. The fourth-order valence-electron chi connectivity index (χ4n) is 6.21. The zero-order valence-electron chi connectivity index (χ0n) is 26.8. The second kappa shape index (κ2) is 13.2. The van der Waals surface area contributed by atoms with Crippen LogP contribution < -0.4 is 4.74 Å². The van der Waals surface area contributed by atoms with Gasteiger partial charge in [0.05, 0.1) is 5.56 Å². The standard InChI is InChI=1S/C37H32BrNO8S2/c1-22-12-14-33(48(41,42)43)28(16-22)27-18-30(29-17-23(2)13-15-34(29)49(44,45)46)35(36(24(27)3)47-21-25-8-5-4-6-9-25)37(40)39-19-26-10-7-11-32(38)31(26)20-39/h4-18H,19-21H2,1-3H3,(H,41,42,43)(H,44,45,46). The van der Waals surface area contributed by atoms with Gasteiger partial charge < -0.3 is 9.64 Å². The van der Waals surface area contributed by atoms with Crippen molar-refractivity contribution in [3.8, 4) is 28.0 Å². The summed E-state index contributed by atoms with van der Waals surface area (Å²) in [5.41, 5.74) is 4.94. The lowest BCUT2D eigenvalue weighted by atomic mass is 9.88. The van der Waals surface area contributed by atoms with E-state index in [4.69, 9.17) is 4.74 Å². The van der Waals surface area contributed by atoms with Crippen LogP contribution in [0.25, 0.3) is 22.3 Å². The van der Waals surface area contributed by atoms with Crippen LogP contribution in [0.5, 0.6) is 5.75 Å². The number of carbonyl (C=O) groups is 1. The van der Waals surface area contributed by atoms with Crippen molar-refractivity contribution >= 4 is 42.1 Å². The minimum absolute atomic E-state index is 0.0224. The van der Waals surface area contributed by atoms with E-state index in [-0.39, 0.29) is 58.2 Å². The fourth-order valence-corrected chi connectivity index (χ4v) is 8.12. The molecule has 1 aliphatic heterocycles. The Morgan fingerprint density at radius 2 is 1.33 bits per heavy atom. The van der Waals surface area contributed by atoms with Crippen molar-refractivity contribution in [2.75, 3.05) is 0 Å². The molecule has 2 N–H and O–H groups in total. The summed E-state index contributed by atoms with van der Waals surface area (Å²) in [6, 6.07) is 25.3. The molecule has 0 aromatic heterocycles. The van der Waals surface area contributed by atoms with Crippen molar-refractivity contribution in [3.63, 3.8) is 0 Å². The first-order valence-corrected chi connectivity index (χ1v) is 18.9. The third-order valence-electron chi connectivity index (χ3n) is 8.59. The van der Waals surface area contributed by atoms with Crippen LogP contribution in [-0.4, -0.2) is 36.7 Å². The number of ether oxygens (including phenoxy) is 1. The third-order valence-corrected chi connectivity index (χ3v) is 11.2. The zero-order valence-corrected chi connectivity index (χ0v) is 30.0. The number of hydrogen-bond donors (Lipinski definition) is 2. The number of carbonyl (C=O) groups excluding carboxylic acids is 1. The SMILES string of the molecule is Cc1ccc(S(=O)(=O)O)c(-c2cc(-c3cc(C)ccc3S(=O)(=O)O)c(C(=O)N3Cc4cccc(Br)c4C3)c(OCc3ccccc3)c2C)c1. The molecule has 0 fully saturated rings. The van der Waals surface area contributed by atoms with E-state index in [0.29, 0.717) is 16.7 Å². The first kappa shape index (κ1) is 34.5. The molecule has 0 saturated carbocycles. The number of nitrogens with zero attached hydrogens (tertiary/aromatic N) is 1. The topological polar surface area (TPSA) is 138 Å². The third kappa shape index (κ3) is 6.92. The summed E-state index contributed by atoms with van der Waals surface area (Å²) in [6.07, 6.45) is 0. The maximum absolute atomic E-state index is 14.9. The van der Waals surface area contributed by atoms with Gasteiger partial charge in [-0.2, -0.15) is 16.8 Å². The second-order valence-corrected chi connectivity index (χ2v) is 15.7. The van der Waals surface area contributed by atoms with E-state index in [9.17, 15) is 30.7 Å². The molecule has 0 radical (unpaired) electrons. The Labute approximate surface area is 293 Å². The highest BCUT2D eigenvalue weighted by atomic mass is 79.9. The highest BCUT2D eigenvalue weighted by Crippen LogP contribution is 2.45. The van der Waals surface area contributed by atoms with Gasteiger partial charge >= 0.3 is 0 Å². The quantitative estimate of drug-likeness (QED) is 0.152. The summed E-state index contributed by atoms with van der Waals surface area (Å²) < 4.78 is 79.0. The molecule has 0 unspecified atom stereocenters. The Balaban J connectivity index is 1.70. The maximum Gasteiger partial charge on any atom is 0.295 e. The molecule has 0 atom stereocenters. The van der Waals surface area contributed by atoms with Crippen LogP contribution in [0.3, 0.4) is 0 Å². The van der Waals surface area contributed by atoms with E-state index in [1.165, 1.54) is 24.3 Å². The number of amides is 1. The Morgan fingerprint density at radius 3 is 1.90 bits per heavy atom. The maximum atomic E-state index is 14.9. The Bertz CT molecular complexity index is 2360. The van der Waals surface area contributed by atoms with E-state index in [2.05, 4.69) is 15.9 Å². The van der Waals surface area contributed by atoms with Gasteiger partial charge in [-0.05, 0) is 72.9 Å². The van der Waals surface area contributed by atoms with Crippen LogP contribution in [0.15, 0.2) is 105 Å². The van der Waals surface area contributed by atoms with Gasteiger partial charge in [-0.15, -0.1) is 0 Å². The average molecular weight is 763 g/mol. The van der Waals surface area contributed by atoms with E-state index in [1.54, 1.807) is 43.9 Å². The molecule has 0 aliphatic carbocycles. The van der Waals surface area contributed by atoms with Crippen LogP contribution in [0.2, 0.25) is 0 Å². The summed E-state index contributed by atoms with van der Waals surface area (Å²) in [6.45, 7) is 5.74. The lowest BCUT2D eigenvalue weighted by molar-refractivity contribution is 0.0747. The molecule has 9 nitrogen and oxygen atoms in total. The molecule has 12 heteroatoms. The van der Waals surface area contributed by atoms with Gasteiger partial charge in [0.1, 0.15) is 22.1 Å². The van der Waals surface area contributed by atoms with Crippen LogP contribution in [-0.2, 0) is 39.9 Å². The Morgan fingerprint density at radius 1 is 0.735 bits per heavy atom. The molecule has 1 aliphatic rings. The van der Waals surface area contributed by atoms with Crippen molar-refractivity contribution in [1.82, 2.24) is 4.90 Å². The lowest BCUT2D eigenvalue weighted by Crippen LogP contribution is -2.27. The summed E-state index contributed by atoms with van der Waals surface area (Å²) in [5.74, 6) is -0.361. The molecule has 6 rings (SSSR count). The summed E-state index contributed by atoms with van der Waals surface area (Å²) >= 11 is 3.58. The van der Waals surface area contributed by atoms with Crippen molar-refractivity contribution in [1.29, 1.82) is 0 Å². The van der Waals surface area contributed by atoms with E-state index in [0.717, 1.165) is 21.2 Å². The van der Waals surface area contributed by atoms with Gasteiger partial charge in [-0.3, -0.25) is 13.9 Å². The Hall–Kier alpha value is -4.33. The van der Waals surface area contributed by atoms with E-state index >= 15 is 0 Å². The minimum Gasteiger partial charge on any atom is -0.488 e. The molecule has 0 bridgehead atoms. The van der Waals surface area contributed by atoms with Crippen molar-refractivity contribution < 1.29 is 35.5 Å². The van der Waals surface area contributed by atoms with Gasteiger partial charge in [0.15, 0.2) is 0 Å². The highest BCUT2D eigenvalue weighted by molar-refractivity contribution is 9.10. The zero-order chi connectivity index (χ0) is 35.2. The smallest absolute Gasteiger partial charge is 0.295 e. The van der Waals surface area contributed by atoms with Crippen molar-refractivity contribution in [2.24, 2.45) is 0 Å². The minimum atomic E-state index is -4.81. The largest absolute Gasteiger partial charge is 0.488 e. The van der Waals surface area contributed by atoms with Gasteiger partial charge in [0.2, 0.25) is 0 Å². The van der Waals surface area contributed by atoms with Gasteiger partial charge in [-0.25, -0.2) is 0 Å². The van der Waals surface area contributed by atoms with E-state index < -0.39 is 31.0 Å². The first-order valence-electron chi connectivity index (χ1n) is 15.2. The second-order valence-electron chi connectivity index (χ2n) is 12.1. The van der Waals surface area contributed by atoms with Crippen molar-refractivity contribution in [3.05, 3.63) is 134 Å².